The molecule has 0 atom stereocenters. The number of hydrogen-bond acceptors (Lipinski definition) is 4. The molecule has 0 saturated carbocycles. The van der Waals surface area contributed by atoms with Gasteiger partial charge in [-0.2, -0.15) is 5.10 Å². The summed E-state index contributed by atoms with van der Waals surface area (Å²) in [5.74, 6) is 0.658. The van der Waals surface area contributed by atoms with Crippen molar-refractivity contribution >= 4 is 16.9 Å². The fourth-order valence-electron chi connectivity index (χ4n) is 3.23. The smallest absolute Gasteiger partial charge is 0.252 e. The summed E-state index contributed by atoms with van der Waals surface area (Å²) < 4.78 is 7.46. The third-order valence-electron chi connectivity index (χ3n) is 4.72. The minimum absolute atomic E-state index is 0.116. The fourth-order valence-corrected chi connectivity index (χ4v) is 3.23. The predicted octanol–water partition coefficient (Wildman–Crippen LogP) is 3.69. The first-order chi connectivity index (χ1) is 13.2. The van der Waals surface area contributed by atoms with Gasteiger partial charge >= 0.3 is 0 Å². The predicted molar refractivity (Wildman–Crippen MR) is 111 cm³/mol. The molecular formula is C22H28N4O2. The van der Waals surface area contributed by atoms with E-state index in [0.29, 0.717) is 18.7 Å². The molecule has 1 amide bonds. The lowest BCUT2D eigenvalue weighted by Crippen LogP contribution is -2.28. The topological polar surface area (TPSA) is 69.0 Å². The SMILES string of the molecule is Cc1cc(C(=O)NCCOc2ccc(C(C)(C)C)cc2)c2c(C)nn(C)c2n1. The molecule has 2 aromatic heterocycles. The van der Waals surface area contributed by atoms with Gasteiger partial charge in [0.1, 0.15) is 12.4 Å². The second-order valence-corrected chi connectivity index (χ2v) is 8.10. The maximum Gasteiger partial charge on any atom is 0.252 e. The standard InChI is InChI=1S/C22H28N4O2/c1-14-13-18(19-15(2)25-26(6)20(19)24-14)21(27)23-11-12-28-17-9-7-16(8-10-17)22(3,4)5/h7-10,13H,11-12H2,1-6H3,(H,23,27). The fraction of sp³-hybridized carbons (Fsp3) is 0.409. The molecule has 148 valence electrons. The summed E-state index contributed by atoms with van der Waals surface area (Å²) in [6, 6.07) is 9.90. The Kier molecular flexibility index (Phi) is 5.40. The number of fused-ring (bicyclic) bond motifs is 1. The Labute approximate surface area is 165 Å². The molecule has 1 aromatic carbocycles. The average Bonchev–Trinajstić information content (AvgIpc) is 2.91. The second-order valence-electron chi connectivity index (χ2n) is 8.10. The Morgan fingerprint density at radius 1 is 1.18 bits per heavy atom. The zero-order valence-electron chi connectivity index (χ0n) is 17.5. The van der Waals surface area contributed by atoms with Crippen LogP contribution in [0.1, 0.15) is 48.1 Å². The summed E-state index contributed by atoms with van der Waals surface area (Å²) in [4.78, 5) is 17.2. The molecule has 3 aromatic rings. The van der Waals surface area contributed by atoms with Gasteiger partial charge in [0.15, 0.2) is 5.65 Å². The molecule has 0 spiro atoms. The molecule has 0 aliphatic carbocycles. The van der Waals surface area contributed by atoms with Gasteiger partial charge in [-0.3, -0.25) is 9.48 Å². The molecule has 0 saturated heterocycles. The lowest BCUT2D eigenvalue weighted by molar-refractivity contribution is 0.0948. The van der Waals surface area contributed by atoms with Gasteiger partial charge in [-0.05, 0) is 43.0 Å². The average molecular weight is 380 g/mol. The van der Waals surface area contributed by atoms with E-state index in [0.717, 1.165) is 28.2 Å². The zero-order valence-corrected chi connectivity index (χ0v) is 17.5. The van der Waals surface area contributed by atoms with Crippen LogP contribution in [0.4, 0.5) is 0 Å². The third-order valence-corrected chi connectivity index (χ3v) is 4.72. The van der Waals surface area contributed by atoms with Crippen LogP contribution in [-0.4, -0.2) is 33.8 Å². The number of rotatable bonds is 5. The normalized spacial score (nSPS) is 11.6. The highest BCUT2D eigenvalue weighted by Crippen LogP contribution is 2.24. The van der Waals surface area contributed by atoms with Crippen molar-refractivity contribution in [1.29, 1.82) is 0 Å². The van der Waals surface area contributed by atoms with Gasteiger partial charge in [-0.25, -0.2) is 4.98 Å². The van der Waals surface area contributed by atoms with Crippen LogP contribution >= 0.6 is 0 Å². The number of ether oxygens (including phenoxy) is 1. The molecule has 0 unspecified atom stereocenters. The van der Waals surface area contributed by atoms with Crippen molar-refractivity contribution in [2.24, 2.45) is 7.05 Å². The first kappa shape index (κ1) is 19.9. The number of hydrogen-bond donors (Lipinski definition) is 1. The molecule has 2 heterocycles. The van der Waals surface area contributed by atoms with E-state index in [-0.39, 0.29) is 11.3 Å². The van der Waals surface area contributed by atoms with Crippen LogP contribution < -0.4 is 10.1 Å². The minimum Gasteiger partial charge on any atom is -0.492 e. The van der Waals surface area contributed by atoms with Gasteiger partial charge in [0.05, 0.1) is 23.2 Å². The van der Waals surface area contributed by atoms with Crippen molar-refractivity contribution < 1.29 is 9.53 Å². The monoisotopic (exact) mass is 380 g/mol. The molecule has 0 aliphatic heterocycles. The third kappa shape index (κ3) is 4.16. The largest absolute Gasteiger partial charge is 0.492 e. The van der Waals surface area contributed by atoms with Crippen LogP contribution in [0, 0.1) is 13.8 Å². The number of aryl methyl sites for hydroxylation is 3. The molecule has 0 radical (unpaired) electrons. The van der Waals surface area contributed by atoms with Crippen molar-refractivity contribution in [2.45, 2.75) is 40.0 Å². The molecule has 6 nitrogen and oxygen atoms in total. The highest BCUT2D eigenvalue weighted by atomic mass is 16.5. The Balaban J connectivity index is 1.62. The number of carbonyl (C=O) groups excluding carboxylic acids is 1. The van der Waals surface area contributed by atoms with Gasteiger partial charge in [0.25, 0.3) is 5.91 Å². The zero-order chi connectivity index (χ0) is 20.5. The summed E-state index contributed by atoms with van der Waals surface area (Å²) >= 11 is 0. The quantitative estimate of drug-likeness (QED) is 0.686. The first-order valence-corrected chi connectivity index (χ1v) is 9.49. The van der Waals surface area contributed by atoms with E-state index in [2.05, 4.69) is 48.3 Å². The van der Waals surface area contributed by atoms with Crippen LogP contribution in [-0.2, 0) is 12.5 Å². The highest BCUT2D eigenvalue weighted by molar-refractivity contribution is 6.06. The van der Waals surface area contributed by atoms with Crippen molar-refractivity contribution in [2.75, 3.05) is 13.2 Å². The van der Waals surface area contributed by atoms with Crippen LogP contribution in [0.2, 0.25) is 0 Å². The number of nitrogens with zero attached hydrogens (tertiary/aromatic N) is 3. The molecular weight excluding hydrogens is 352 g/mol. The Morgan fingerprint density at radius 3 is 2.50 bits per heavy atom. The van der Waals surface area contributed by atoms with Crippen molar-refractivity contribution in [3.63, 3.8) is 0 Å². The highest BCUT2D eigenvalue weighted by Gasteiger charge is 2.17. The van der Waals surface area contributed by atoms with Gasteiger partial charge in [-0.1, -0.05) is 32.9 Å². The number of nitrogens with one attached hydrogen (secondary N) is 1. The number of pyridine rings is 1. The summed E-state index contributed by atoms with van der Waals surface area (Å²) in [5.41, 5.74) is 4.28. The lowest BCUT2D eigenvalue weighted by atomic mass is 9.87. The first-order valence-electron chi connectivity index (χ1n) is 9.49. The number of carbonyl (C=O) groups is 1. The molecule has 28 heavy (non-hydrogen) atoms. The van der Waals surface area contributed by atoms with Gasteiger partial charge in [0.2, 0.25) is 0 Å². The van der Waals surface area contributed by atoms with E-state index in [1.165, 1.54) is 5.56 Å². The van der Waals surface area contributed by atoms with Crippen molar-refractivity contribution in [3.8, 4) is 5.75 Å². The van der Waals surface area contributed by atoms with Crippen molar-refractivity contribution in [1.82, 2.24) is 20.1 Å². The Hall–Kier alpha value is -2.89. The molecule has 1 N–H and O–H groups in total. The Morgan fingerprint density at radius 2 is 1.86 bits per heavy atom. The van der Waals surface area contributed by atoms with Crippen LogP contribution in [0.5, 0.6) is 5.75 Å². The van der Waals surface area contributed by atoms with E-state index in [1.807, 2.05) is 33.0 Å². The maximum atomic E-state index is 12.7. The lowest BCUT2D eigenvalue weighted by Gasteiger charge is -2.19. The molecule has 6 heteroatoms. The molecule has 0 fully saturated rings. The van der Waals surface area contributed by atoms with Crippen molar-refractivity contribution in [3.05, 3.63) is 52.8 Å². The molecule has 3 rings (SSSR count). The summed E-state index contributed by atoms with van der Waals surface area (Å²) in [6.07, 6.45) is 0. The van der Waals surface area contributed by atoms with E-state index >= 15 is 0 Å². The molecule has 0 bridgehead atoms. The van der Waals surface area contributed by atoms with E-state index in [4.69, 9.17) is 4.74 Å². The van der Waals surface area contributed by atoms with E-state index < -0.39 is 0 Å². The number of benzene rings is 1. The maximum absolute atomic E-state index is 12.7. The minimum atomic E-state index is -0.140. The van der Waals surface area contributed by atoms with Crippen LogP contribution in [0.25, 0.3) is 11.0 Å². The number of amides is 1. The Bertz CT molecular complexity index is 998. The van der Waals surface area contributed by atoms with Crippen LogP contribution in [0.3, 0.4) is 0 Å². The van der Waals surface area contributed by atoms with Gasteiger partial charge < -0.3 is 10.1 Å². The van der Waals surface area contributed by atoms with E-state index in [1.54, 1.807) is 10.7 Å². The second kappa shape index (κ2) is 7.62. The van der Waals surface area contributed by atoms with Crippen LogP contribution in [0.15, 0.2) is 30.3 Å². The summed E-state index contributed by atoms with van der Waals surface area (Å²) in [5, 5.41) is 8.11. The van der Waals surface area contributed by atoms with Gasteiger partial charge in [-0.15, -0.1) is 0 Å². The van der Waals surface area contributed by atoms with E-state index in [9.17, 15) is 4.79 Å². The summed E-state index contributed by atoms with van der Waals surface area (Å²) in [7, 11) is 1.84. The molecule has 0 aliphatic rings. The van der Waals surface area contributed by atoms with Gasteiger partial charge in [0, 0.05) is 12.7 Å². The summed E-state index contributed by atoms with van der Waals surface area (Å²) in [6.45, 7) is 11.1. The number of aromatic nitrogens is 3.